The molecule has 1 aliphatic heterocycles. The van der Waals surface area contributed by atoms with E-state index in [1.165, 1.54) is 39.7 Å². The zero-order valence-electron chi connectivity index (χ0n) is 39.6. The number of hydrogen-bond acceptors (Lipinski definition) is 14. The average Bonchev–Trinajstić information content (AvgIpc) is 3.99. The van der Waals surface area contributed by atoms with E-state index in [0.717, 1.165) is 5.57 Å². The van der Waals surface area contributed by atoms with E-state index >= 15 is 4.39 Å². The number of allylic oxidation sites excluding steroid dienone is 4. The summed E-state index contributed by atoms with van der Waals surface area (Å²) in [7, 11) is 1.38. The number of aliphatic hydroxyl groups is 2. The lowest BCUT2D eigenvalue weighted by Gasteiger charge is -2.59. The number of aromatic nitrogens is 1. The number of methoxy groups -OCH3 is 1. The first kappa shape index (κ1) is 46.6. The van der Waals surface area contributed by atoms with Gasteiger partial charge in [-0.05, 0) is 110 Å². The molecule has 360 valence electrons. The number of Topliss-reactive ketones (excluding diaryl/α,β-unsaturated/α-hetero) is 1. The van der Waals surface area contributed by atoms with Crippen molar-refractivity contribution in [2.45, 2.75) is 136 Å². The Bertz CT molecular complexity index is 2820. The number of anilines is 1. The standard InChI is InChI=1S/C50H60FN3O13/c1-24-22-52(18-19-53(24)45(60)64-23-34-27(4)65-46(61)66-34)40-38(51)25(2)35-39(42(40)63-9)54(29-11-12-29)26(3)36(41(35)57)43(58)67-47(5,6)44(59)50(62)17-15-32-31-13-10-28-20-30(55)14-16-48(28,7)37(31)33(56)21-49(32,50)8/h14,16,20,24,29,31-33,37,56,62H,10-13,15,17-19,21-23H2,1-9H3/t24?,31-,32-,33-,37+,48-,49-,50-/m0/s1. The van der Waals surface area contributed by atoms with Gasteiger partial charge in [0.2, 0.25) is 11.2 Å². The van der Waals surface area contributed by atoms with Gasteiger partial charge in [0, 0.05) is 59.7 Å². The first-order chi connectivity index (χ1) is 31.5. The topological polar surface area (TPSA) is 208 Å². The van der Waals surface area contributed by atoms with Crippen molar-refractivity contribution in [3.63, 3.8) is 0 Å². The second kappa shape index (κ2) is 16.0. The monoisotopic (exact) mass is 929 g/mol. The van der Waals surface area contributed by atoms with Crippen LogP contribution in [0.25, 0.3) is 10.9 Å². The molecule has 16 nitrogen and oxygen atoms in total. The number of amides is 1. The highest BCUT2D eigenvalue weighted by Crippen LogP contribution is 2.67. The summed E-state index contributed by atoms with van der Waals surface area (Å²) in [6.07, 6.45) is 7.07. The number of halogens is 1. The SMILES string of the molecule is COc1c(N2CCN(C(=O)OCc3oc(=O)oc3C)C(C)C2)c(F)c(C)c2c(=O)c(C(=O)OC(C)(C)C(=O)[C@@]3(O)CC[C@H]4[C@@H]5CCC6=CC(=O)C=C[C@]6(C)[C@H]5[C@@H](O)C[C@@]43C)c(C)n(C3CC3)c12. The molecule has 0 spiro atoms. The Morgan fingerprint density at radius 2 is 1.75 bits per heavy atom. The Labute approximate surface area is 386 Å². The van der Waals surface area contributed by atoms with E-state index in [4.69, 9.17) is 23.0 Å². The first-order valence-corrected chi connectivity index (χ1v) is 23.3. The van der Waals surface area contributed by atoms with Crippen molar-refractivity contribution in [1.82, 2.24) is 9.47 Å². The molecular formula is C50H60FN3O13. The molecule has 4 saturated carbocycles. The molecule has 3 aromatic rings. The molecule has 5 aliphatic carbocycles. The number of nitrogens with zero attached hydrogens (tertiary/aromatic N) is 3. The number of aryl methyl sites for hydroxylation is 2. The number of benzene rings is 1. The maximum absolute atomic E-state index is 17.0. The third-order valence-corrected chi connectivity index (χ3v) is 16.6. The number of rotatable bonds is 9. The van der Waals surface area contributed by atoms with E-state index in [2.05, 4.69) is 6.92 Å². The van der Waals surface area contributed by atoms with Crippen LogP contribution in [0.5, 0.6) is 5.75 Å². The van der Waals surface area contributed by atoms with Crippen LogP contribution in [-0.2, 0) is 25.7 Å². The number of pyridine rings is 1. The lowest BCUT2D eigenvalue weighted by atomic mass is 9.46. The molecule has 67 heavy (non-hydrogen) atoms. The number of esters is 1. The van der Waals surface area contributed by atoms with Gasteiger partial charge in [-0.15, -0.1) is 0 Å². The molecule has 17 heteroatoms. The zero-order valence-corrected chi connectivity index (χ0v) is 39.6. The third-order valence-electron chi connectivity index (χ3n) is 16.6. The Morgan fingerprint density at radius 1 is 1.03 bits per heavy atom. The second-order valence-electron chi connectivity index (χ2n) is 20.8. The number of hydrogen-bond donors (Lipinski definition) is 2. The normalized spacial score (nSPS) is 30.4. The van der Waals surface area contributed by atoms with Gasteiger partial charge in [0.25, 0.3) is 0 Å². The summed E-state index contributed by atoms with van der Waals surface area (Å²) in [6.45, 7) is 13.2. The number of ketones is 2. The van der Waals surface area contributed by atoms with Crippen LogP contribution >= 0.6 is 0 Å². The number of fused-ring (bicyclic) bond motifs is 6. The van der Waals surface area contributed by atoms with Gasteiger partial charge in [0.15, 0.2) is 41.1 Å². The van der Waals surface area contributed by atoms with Crippen LogP contribution in [0.4, 0.5) is 14.9 Å². The first-order valence-electron chi connectivity index (χ1n) is 23.3. The van der Waals surface area contributed by atoms with Crippen molar-refractivity contribution in [1.29, 1.82) is 0 Å². The summed E-state index contributed by atoms with van der Waals surface area (Å²) in [5.41, 5.74) is -5.07. The van der Waals surface area contributed by atoms with Crippen LogP contribution in [-0.4, -0.2) is 93.4 Å². The Morgan fingerprint density at radius 3 is 2.39 bits per heavy atom. The maximum Gasteiger partial charge on any atom is 0.519 e. The van der Waals surface area contributed by atoms with Crippen molar-refractivity contribution in [3.8, 4) is 5.75 Å². The zero-order chi connectivity index (χ0) is 48.4. The van der Waals surface area contributed by atoms with Gasteiger partial charge < -0.3 is 47.6 Å². The highest BCUT2D eigenvalue weighted by atomic mass is 19.1. The van der Waals surface area contributed by atoms with Gasteiger partial charge in [-0.1, -0.05) is 25.5 Å². The molecule has 3 heterocycles. The van der Waals surface area contributed by atoms with Crippen LogP contribution in [0.3, 0.4) is 0 Å². The largest absolute Gasteiger partial charge is 0.519 e. The minimum absolute atomic E-state index is 0.0241. The molecule has 1 saturated heterocycles. The predicted octanol–water partition coefficient (Wildman–Crippen LogP) is 6.32. The summed E-state index contributed by atoms with van der Waals surface area (Å²) < 4.78 is 46.1. The van der Waals surface area contributed by atoms with Crippen LogP contribution in [0.15, 0.2) is 42.2 Å². The second-order valence-corrected chi connectivity index (χ2v) is 20.8. The van der Waals surface area contributed by atoms with Gasteiger partial charge in [0.1, 0.15) is 16.9 Å². The van der Waals surface area contributed by atoms with Crippen LogP contribution in [0.1, 0.15) is 119 Å². The molecule has 8 atom stereocenters. The summed E-state index contributed by atoms with van der Waals surface area (Å²) in [5, 5.41) is 24.5. The van der Waals surface area contributed by atoms with Crippen molar-refractivity contribution >= 4 is 40.2 Å². The molecule has 6 aliphatic rings. The fraction of sp³-hybridized carbons (Fsp3) is 0.600. The highest BCUT2D eigenvalue weighted by molar-refractivity contribution is 6.03. The van der Waals surface area contributed by atoms with Gasteiger partial charge in [-0.25, -0.2) is 18.8 Å². The number of piperazine rings is 1. The number of ether oxygens (including phenoxy) is 3. The lowest BCUT2D eigenvalue weighted by Crippen LogP contribution is -2.64. The van der Waals surface area contributed by atoms with E-state index in [0.29, 0.717) is 37.6 Å². The quantitative estimate of drug-likeness (QED) is 0.225. The van der Waals surface area contributed by atoms with E-state index in [1.807, 2.05) is 17.6 Å². The summed E-state index contributed by atoms with van der Waals surface area (Å²) >= 11 is 0. The summed E-state index contributed by atoms with van der Waals surface area (Å²) in [5.74, 6) is -3.57. The average molecular weight is 930 g/mol. The minimum Gasteiger partial charge on any atom is -0.492 e. The summed E-state index contributed by atoms with van der Waals surface area (Å²) in [4.78, 5) is 84.3. The van der Waals surface area contributed by atoms with E-state index in [-0.39, 0.29) is 114 Å². The van der Waals surface area contributed by atoms with E-state index in [9.17, 15) is 39.0 Å². The molecule has 0 radical (unpaired) electrons. The van der Waals surface area contributed by atoms with Crippen molar-refractivity contribution < 1.29 is 56.8 Å². The Hall–Kier alpha value is -5.55. The third kappa shape index (κ3) is 7.03. The smallest absolute Gasteiger partial charge is 0.492 e. The van der Waals surface area contributed by atoms with Crippen LogP contribution in [0.2, 0.25) is 0 Å². The van der Waals surface area contributed by atoms with Crippen molar-refractivity contribution in [2.75, 3.05) is 31.6 Å². The molecular weight excluding hydrogens is 870 g/mol. The molecule has 9 rings (SSSR count). The summed E-state index contributed by atoms with van der Waals surface area (Å²) in [6, 6.07) is -0.644. The van der Waals surface area contributed by atoms with Crippen molar-refractivity contribution in [2.24, 2.45) is 28.6 Å². The minimum atomic E-state index is -1.99. The maximum atomic E-state index is 17.0. The van der Waals surface area contributed by atoms with Crippen molar-refractivity contribution in [3.05, 3.63) is 78.8 Å². The van der Waals surface area contributed by atoms with Gasteiger partial charge in [-0.2, -0.15) is 0 Å². The molecule has 2 aromatic heterocycles. The van der Waals surface area contributed by atoms with Gasteiger partial charge >= 0.3 is 17.9 Å². The Kier molecular flexibility index (Phi) is 11.1. The van der Waals surface area contributed by atoms with E-state index < -0.39 is 69.1 Å². The van der Waals surface area contributed by atoms with Crippen LogP contribution < -0.4 is 20.9 Å². The van der Waals surface area contributed by atoms with E-state index in [1.54, 1.807) is 30.9 Å². The molecule has 1 amide bonds. The molecule has 0 bridgehead atoms. The molecule has 5 fully saturated rings. The van der Waals surface area contributed by atoms with Crippen LogP contribution in [0, 0.1) is 55.2 Å². The number of aliphatic hydroxyl groups excluding tert-OH is 1. The lowest BCUT2D eigenvalue weighted by molar-refractivity contribution is -0.188. The number of carbonyl (C=O) groups excluding carboxylic acids is 4. The molecule has 1 unspecified atom stereocenters. The molecule has 2 N–H and O–H groups in total. The van der Waals surface area contributed by atoms with Gasteiger partial charge in [-0.3, -0.25) is 14.4 Å². The van der Waals surface area contributed by atoms with Gasteiger partial charge in [0.05, 0.1) is 24.1 Å². The highest BCUT2D eigenvalue weighted by Gasteiger charge is 2.70. The predicted molar refractivity (Wildman–Crippen MR) is 240 cm³/mol. The number of carbonyl (C=O) groups is 4. The fourth-order valence-electron chi connectivity index (χ4n) is 13.1. The molecule has 1 aromatic carbocycles. The fourth-order valence-corrected chi connectivity index (χ4v) is 13.1. The Balaban J connectivity index is 0.996.